The summed E-state index contributed by atoms with van der Waals surface area (Å²) in [4.78, 5) is 29.3. The number of hydrogen-bond acceptors (Lipinski definition) is 4. The highest BCUT2D eigenvalue weighted by Crippen LogP contribution is 2.43. The zero-order chi connectivity index (χ0) is 21.7. The molecule has 0 saturated carbocycles. The Morgan fingerprint density at radius 2 is 1.83 bits per heavy atom. The van der Waals surface area contributed by atoms with Gasteiger partial charge in [0.1, 0.15) is 6.54 Å². The van der Waals surface area contributed by atoms with Crippen LogP contribution in [0.25, 0.3) is 0 Å². The minimum Gasteiger partial charge on any atom is -0.341 e. The van der Waals surface area contributed by atoms with Crippen LogP contribution in [-0.2, 0) is 25.0 Å². The number of likely N-dealkylation sites (tertiary alicyclic amines) is 1. The van der Waals surface area contributed by atoms with E-state index in [4.69, 9.17) is 0 Å². The first-order valence-corrected chi connectivity index (χ1v) is 12.3. The number of carbonyl (C=O) groups excluding carboxylic acids is 2. The minimum absolute atomic E-state index is 0.00496. The fraction of sp³-hybridized carbons (Fsp3) is 0.636. The maximum absolute atomic E-state index is 13.2. The predicted molar refractivity (Wildman–Crippen MR) is 115 cm³/mol. The van der Waals surface area contributed by atoms with E-state index in [2.05, 4.69) is 6.92 Å². The third-order valence-corrected chi connectivity index (χ3v) is 8.58. The van der Waals surface area contributed by atoms with Gasteiger partial charge in [-0.15, -0.1) is 0 Å². The quantitative estimate of drug-likeness (QED) is 0.730. The Balaban J connectivity index is 1.64. The van der Waals surface area contributed by atoms with E-state index in [9.17, 15) is 18.0 Å². The number of fused-ring (bicyclic) bond motifs is 1. The minimum atomic E-state index is -3.61. The smallest absolute Gasteiger partial charge is 0.243 e. The average Bonchev–Trinajstić information content (AvgIpc) is 3.31. The molecule has 0 unspecified atom stereocenters. The van der Waals surface area contributed by atoms with Crippen molar-refractivity contribution in [2.24, 2.45) is 5.92 Å². The number of anilines is 1. The van der Waals surface area contributed by atoms with Gasteiger partial charge in [-0.25, -0.2) is 8.42 Å². The Labute approximate surface area is 179 Å². The van der Waals surface area contributed by atoms with E-state index in [1.54, 1.807) is 41.3 Å². The van der Waals surface area contributed by atoms with Crippen LogP contribution in [0.5, 0.6) is 0 Å². The number of nitrogens with zero attached hydrogens (tertiary/aromatic N) is 3. The first-order valence-electron chi connectivity index (χ1n) is 10.9. The molecular formula is C22H31N3O4S. The van der Waals surface area contributed by atoms with Crippen LogP contribution < -0.4 is 4.90 Å². The monoisotopic (exact) mass is 433 g/mol. The van der Waals surface area contributed by atoms with Crippen molar-refractivity contribution in [1.82, 2.24) is 9.21 Å². The van der Waals surface area contributed by atoms with Crippen LogP contribution in [0.3, 0.4) is 0 Å². The number of piperidine rings is 1. The summed E-state index contributed by atoms with van der Waals surface area (Å²) in [6.07, 6.45) is 3.90. The van der Waals surface area contributed by atoms with Crippen molar-refractivity contribution in [2.45, 2.75) is 56.8 Å². The summed E-state index contributed by atoms with van der Waals surface area (Å²) < 4.78 is 28.0. The lowest BCUT2D eigenvalue weighted by atomic mass is 9.86. The van der Waals surface area contributed by atoms with Crippen molar-refractivity contribution in [3.8, 4) is 0 Å². The Hall–Kier alpha value is -1.93. The van der Waals surface area contributed by atoms with Gasteiger partial charge < -0.3 is 9.80 Å². The summed E-state index contributed by atoms with van der Waals surface area (Å²) in [6.45, 7) is 8.21. The van der Waals surface area contributed by atoms with Crippen LogP contribution >= 0.6 is 0 Å². The molecule has 164 valence electrons. The van der Waals surface area contributed by atoms with E-state index < -0.39 is 15.4 Å². The van der Waals surface area contributed by atoms with Gasteiger partial charge in [-0.3, -0.25) is 9.59 Å². The fourth-order valence-electron chi connectivity index (χ4n) is 4.85. The molecule has 0 aliphatic carbocycles. The molecule has 0 bridgehead atoms. The van der Waals surface area contributed by atoms with Crippen LogP contribution in [0.1, 0.15) is 52.0 Å². The predicted octanol–water partition coefficient (Wildman–Crippen LogP) is 2.35. The van der Waals surface area contributed by atoms with E-state index in [1.165, 1.54) is 4.90 Å². The number of amides is 2. The van der Waals surface area contributed by atoms with E-state index in [0.29, 0.717) is 30.3 Å². The van der Waals surface area contributed by atoms with Crippen LogP contribution in [0.2, 0.25) is 0 Å². The number of sulfonamides is 1. The van der Waals surface area contributed by atoms with E-state index in [-0.39, 0.29) is 23.3 Å². The van der Waals surface area contributed by atoms with Gasteiger partial charge in [0, 0.05) is 31.9 Å². The molecule has 7 nitrogen and oxygen atoms in total. The zero-order valence-corrected chi connectivity index (χ0v) is 18.9. The van der Waals surface area contributed by atoms with Crippen molar-refractivity contribution in [2.75, 3.05) is 37.6 Å². The molecule has 3 aliphatic heterocycles. The maximum Gasteiger partial charge on any atom is 0.243 e. The first kappa shape index (κ1) is 21.3. The standard InChI is InChI=1S/C22H31N3O4S/c1-16-7-6-12-24(14-16)30(28,29)17-8-9-19-18(13-17)22(2,3)21(27)25(19)15-20(26)23-10-4-5-11-23/h8-9,13,16H,4-7,10-12,14-15H2,1-3H3/t16-/m0/s1. The van der Waals surface area contributed by atoms with Crippen molar-refractivity contribution in [3.05, 3.63) is 23.8 Å². The van der Waals surface area contributed by atoms with Crippen LogP contribution in [0.4, 0.5) is 5.69 Å². The largest absolute Gasteiger partial charge is 0.341 e. The normalized spacial score (nSPS) is 24.4. The van der Waals surface area contributed by atoms with Crippen LogP contribution in [0, 0.1) is 5.92 Å². The Morgan fingerprint density at radius 1 is 1.13 bits per heavy atom. The lowest BCUT2D eigenvalue weighted by Gasteiger charge is -2.30. The lowest BCUT2D eigenvalue weighted by Crippen LogP contribution is -2.43. The molecule has 2 saturated heterocycles. The molecule has 0 N–H and O–H groups in total. The van der Waals surface area contributed by atoms with E-state index in [1.807, 2.05) is 0 Å². The van der Waals surface area contributed by atoms with Crippen molar-refractivity contribution in [3.63, 3.8) is 0 Å². The van der Waals surface area contributed by atoms with Crippen molar-refractivity contribution >= 4 is 27.5 Å². The Kier molecular flexibility index (Phi) is 5.43. The topological polar surface area (TPSA) is 78.0 Å². The highest BCUT2D eigenvalue weighted by atomic mass is 32.2. The number of hydrogen-bond donors (Lipinski definition) is 0. The van der Waals surface area contributed by atoms with Gasteiger partial charge in [-0.05, 0) is 69.2 Å². The summed E-state index contributed by atoms with van der Waals surface area (Å²) in [5.74, 6) is 0.128. The zero-order valence-electron chi connectivity index (χ0n) is 18.1. The Bertz CT molecular complexity index is 967. The molecule has 2 fully saturated rings. The summed E-state index contributed by atoms with van der Waals surface area (Å²) in [6, 6.07) is 4.91. The van der Waals surface area contributed by atoms with Gasteiger partial charge in [0.15, 0.2) is 0 Å². The summed E-state index contributed by atoms with van der Waals surface area (Å²) in [5.41, 5.74) is 0.442. The Morgan fingerprint density at radius 3 is 2.50 bits per heavy atom. The SMILES string of the molecule is C[C@H]1CCCN(S(=O)(=O)c2ccc3c(c2)C(C)(C)C(=O)N3CC(=O)N2CCCC2)C1. The summed E-state index contributed by atoms with van der Waals surface area (Å²) >= 11 is 0. The molecular weight excluding hydrogens is 402 g/mol. The fourth-order valence-corrected chi connectivity index (χ4v) is 6.47. The second-order valence-electron chi connectivity index (χ2n) is 9.39. The third kappa shape index (κ3) is 3.54. The molecule has 0 spiro atoms. The molecule has 0 aromatic heterocycles. The second kappa shape index (κ2) is 7.64. The van der Waals surface area contributed by atoms with Crippen LogP contribution in [-0.4, -0.2) is 62.2 Å². The summed E-state index contributed by atoms with van der Waals surface area (Å²) in [5, 5.41) is 0. The highest BCUT2D eigenvalue weighted by molar-refractivity contribution is 7.89. The number of carbonyl (C=O) groups is 2. The molecule has 1 aromatic rings. The number of rotatable bonds is 4. The molecule has 3 heterocycles. The third-order valence-electron chi connectivity index (χ3n) is 6.72. The van der Waals surface area contributed by atoms with Gasteiger partial charge in [0.05, 0.1) is 10.3 Å². The molecule has 3 aliphatic rings. The molecule has 30 heavy (non-hydrogen) atoms. The average molecular weight is 434 g/mol. The second-order valence-corrected chi connectivity index (χ2v) is 11.3. The van der Waals surface area contributed by atoms with Crippen LogP contribution in [0.15, 0.2) is 23.1 Å². The van der Waals surface area contributed by atoms with Gasteiger partial charge in [-0.2, -0.15) is 4.31 Å². The maximum atomic E-state index is 13.2. The summed E-state index contributed by atoms with van der Waals surface area (Å²) in [7, 11) is -3.61. The number of benzene rings is 1. The van der Waals surface area contributed by atoms with Crippen molar-refractivity contribution < 1.29 is 18.0 Å². The molecule has 2 amide bonds. The highest BCUT2D eigenvalue weighted by Gasteiger charge is 2.45. The van der Waals surface area contributed by atoms with Gasteiger partial charge in [0.2, 0.25) is 21.8 Å². The molecule has 4 rings (SSSR count). The lowest BCUT2D eigenvalue weighted by molar-refractivity contribution is -0.131. The van der Waals surface area contributed by atoms with Gasteiger partial charge >= 0.3 is 0 Å². The van der Waals surface area contributed by atoms with Gasteiger partial charge in [0.25, 0.3) is 0 Å². The van der Waals surface area contributed by atoms with Crippen molar-refractivity contribution in [1.29, 1.82) is 0 Å². The molecule has 1 atom stereocenters. The van der Waals surface area contributed by atoms with E-state index in [0.717, 1.165) is 38.8 Å². The molecule has 8 heteroatoms. The van der Waals surface area contributed by atoms with E-state index >= 15 is 0 Å². The van der Waals surface area contributed by atoms with Gasteiger partial charge in [-0.1, -0.05) is 6.92 Å². The molecule has 0 radical (unpaired) electrons. The molecule has 1 aromatic carbocycles. The first-order chi connectivity index (χ1) is 14.1.